The van der Waals surface area contributed by atoms with Crippen LogP contribution < -0.4 is 10.6 Å². The van der Waals surface area contributed by atoms with Crippen molar-refractivity contribution in [3.8, 4) is 0 Å². The zero-order valence-electron chi connectivity index (χ0n) is 11.3. The van der Waals surface area contributed by atoms with Crippen LogP contribution in [0.3, 0.4) is 0 Å². The summed E-state index contributed by atoms with van der Waals surface area (Å²) in [5.74, 6) is 0.282. The van der Waals surface area contributed by atoms with E-state index in [1.807, 2.05) is 13.8 Å². The Hall–Kier alpha value is -1.69. The van der Waals surface area contributed by atoms with Gasteiger partial charge < -0.3 is 15.4 Å². The highest BCUT2D eigenvalue weighted by Crippen LogP contribution is 2.12. The predicted octanol–water partition coefficient (Wildman–Crippen LogP) is 1.21. The molecular weight excluding hydrogens is 244 g/mol. The van der Waals surface area contributed by atoms with Crippen LogP contribution in [0.4, 0.5) is 5.95 Å². The molecule has 1 aliphatic rings. The van der Waals surface area contributed by atoms with Crippen LogP contribution in [0.1, 0.15) is 37.2 Å². The third-order valence-corrected chi connectivity index (χ3v) is 2.82. The topological polar surface area (TPSA) is 76.1 Å². The number of rotatable bonds is 5. The van der Waals surface area contributed by atoms with Gasteiger partial charge in [-0.1, -0.05) is 0 Å². The third kappa shape index (κ3) is 4.17. The number of hydrogen-bond donors (Lipinski definition) is 2. The van der Waals surface area contributed by atoms with Crippen LogP contribution in [0.25, 0.3) is 0 Å². The quantitative estimate of drug-likeness (QED) is 0.836. The highest BCUT2D eigenvalue weighted by molar-refractivity contribution is 5.92. The highest BCUT2D eigenvalue weighted by Gasteiger charge is 2.16. The zero-order valence-corrected chi connectivity index (χ0v) is 11.3. The van der Waals surface area contributed by atoms with Crippen LogP contribution in [0.5, 0.6) is 0 Å². The second-order valence-corrected chi connectivity index (χ2v) is 4.91. The summed E-state index contributed by atoms with van der Waals surface area (Å²) in [5, 5.41) is 5.91. The maximum absolute atomic E-state index is 11.8. The van der Waals surface area contributed by atoms with Gasteiger partial charge in [-0.2, -0.15) is 0 Å². The van der Waals surface area contributed by atoms with Crippen molar-refractivity contribution in [2.24, 2.45) is 0 Å². The lowest BCUT2D eigenvalue weighted by atomic mass is 10.2. The first-order chi connectivity index (χ1) is 9.15. The van der Waals surface area contributed by atoms with E-state index in [1.165, 1.54) is 0 Å². The minimum atomic E-state index is -0.183. The number of nitrogens with zero attached hydrogens (tertiary/aromatic N) is 2. The minimum absolute atomic E-state index is 0.0887. The molecule has 2 rings (SSSR count). The van der Waals surface area contributed by atoms with Crippen molar-refractivity contribution in [2.75, 3.05) is 18.5 Å². The summed E-state index contributed by atoms with van der Waals surface area (Å²) in [7, 11) is 0. The van der Waals surface area contributed by atoms with Crippen LogP contribution in [0.2, 0.25) is 0 Å². The molecule has 1 fully saturated rings. The second kappa shape index (κ2) is 6.47. The van der Waals surface area contributed by atoms with Gasteiger partial charge in [0, 0.05) is 25.4 Å². The monoisotopic (exact) mass is 264 g/mol. The van der Waals surface area contributed by atoms with Gasteiger partial charge in [0.15, 0.2) is 0 Å². The Bertz CT molecular complexity index is 430. The zero-order chi connectivity index (χ0) is 13.7. The average molecular weight is 264 g/mol. The number of anilines is 1. The molecule has 104 valence electrons. The van der Waals surface area contributed by atoms with Gasteiger partial charge in [-0.05, 0) is 32.8 Å². The van der Waals surface area contributed by atoms with Crippen molar-refractivity contribution in [1.82, 2.24) is 15.3 Å². The first-order valence-electron chi connectivity index (χ1n) is 6.64. The van der Waals surface area contributed by atoms with Gasteiger partial charge in [-0.3, -0.25) is 4.79 Å². The third-order valence-electron chi connectivity index (χ3n) is 2.82. The molecule has 2 N–H and O–H groups in total. The fourth-order valence-corrected chi connectivity index (χ4v) is 1.92. The van der Waals surface area contributed by atoms with E-state index in [1.54, 1.807) is 12.3 Å². The Balaban J connectivity index is 1.92. The van der Waals surface area contributed by atoms with Gasteiger partial charge in [-0.25, -0.2) is 9.97 Å². The standard InChI is InChI=1S/C13H20N4O2/c1-9(2)16-12(18)11-5-6-14-13(17-11)15-8-10-4-3-7-19-10/h5-6,9-10H,3-4,7-8H2,1-2H3,(H,16,18)(H,14,15,17). The molecule has 1 unspecified atom stereocenters. The fraction of sp³-hybridized carbons (Fsp3) is 0.615. The molecular formula is C13H20N4O2. The number of carbonyl (C=O) groups excluding carboxylic acids is 1. The SMILES string of the molecule is CC(C)NC(=O)c1ccnc(NCC2CCCO2)n1. The molecule has 19 heavy (non-hydrogen) atoms. The van der Waals surface area contributed by atoms with E-state index in [9.17, 15) is 4.79 Å². The molecule has 0 bridgehead atoms. The van der Waals surface area contributed by atoms with Crippen LogP contribution >= 0.6 is 0 Å². The van der Waals surface area contributed by atoms with E-state index >= 15 is 0 Å². The van der Waals surface area contributed by atoms with Crippen LogP contribution in [0.15, 0.2) is 12.3 Å². The number of nitrogens with one attached hydrogen (secondary N) is 2. The Morgan fingerprint density at radius 1 is 1.58 bits per heavy atom. The van der Waals surface area contributed by atoms with E-state index in [-0.39, 0.29) is 18.1 Å². The summed E-state index contributed by atoms with van der Waals surface area (Å²) >= 11 is 0. The van der Waals surface area contributed by atoms with Crippen molar-refractivity contribution < 1.29 is 9.53 Å². The molecule has 1 aromatic rings. The number of amides is 1. The summed E-state index contributed by atoms with van der Waals surface area (Å²) in [6.07, 6.45) is 3.96. The van der Waals surface area contributed by atoms with Gasteiger partial charge in [0.2, 0.25) is 5.95 Å². The molecule has 1 aromatic heterocycles. The Kier molecular flexibility index (Phi) is 4.68. The molecule has 1 amide bonds. The van der Waals surface area contributed by atoms with E-state index in [4.69, 9.17) is 4.74 Å². The van der Waals surface area contributed by atoms with Gasteiger partial charge in [0.1, 0.15) is 5.69 Å². The maximum Gasteiger partial charge on any atom is 0.270 e. The summed E-state index contributed by atoms with van der Waals surface area (Å²) < 4.78 is 5.51. The minimum Gasteiger partial charge on any atom is -0.376 e. The van der Waals surface area contributed by atoms with Crippen LogP contribution in [-0.2, 0) is 4.74 Å². The molecule has 0 aromatic carbocycles. The molecule has 2 heterocycles. The van der Waals surface area contributed by atoms with E-state index < -0.39 is 0 Å². The number of carbonyl (C=O) groups is 1. The van der Waals surface area contributed by atoms with Gasteiger partial charge in [-0.15, -0.1) is 0 Å². The summed E-state index contributed by atoms with van der Waals surface area (Å²) in [6.45, 7) is 5.32. The molecule has 6 heteroatoms. The smallest absolute Gasteiger partial charge is 0.270 e. The Morgan fingerprint density at radius 2 is 2.42 bits per heavy atom. The van der Waals surface area contributed by atoms with Crippen LogP contribution in [-0.4, -0.2) is 41.2 Å². The number of ether oxygens (including phenoxy) is 1. The summed E-state index contributed by atoms with van der Waals surface area (Å²) in [6, 6.07) is 1.69. The summed E-state index contributed by atoms with van der Waals surface area (Å²) in [5.41, 5.74) is 0.374. The number of hydrogen-bond acceptors (Lipinski definition) is 5. The highest BCUT2D eigenvalue weighted by atomic mass is 16.5. The van der Waals surface area contributed by atoms with Gasteiger partial charge in [0.05, 0.1) is 6.10 Å². The largest absolute Gasteiger partial charge is 0.376 e. The molecule has 0 aliphatic carbocycles. The van der Waals surface area contributed by atoms with Gasteiger partial charge in [0.25, 0.3) is 5.91 Å². The van der Waals surface area contributed by atoms with Gasteiger partial charge >= 0.3 is 0 Å². The molecule has 0 radical (unpaired) electrons. The van der Waals surface area contributed by atoms with Crippen molar-refractivity contribution in [3.05, 3.63) is 18.0 Å². The Morgan fingerprint density at radius 3 is 3.11 bits per heavy atom. The van der Waals surface area contributed by atoms with Crippen molar-refractivity contribution in [1.29, 1.82) is 0 Å². The van der Waals surface area contributed by atoms with Crippen molar-refractivity contribution in [2.45, 2.75) is 38.8 Å². The molecule has 0 saturated carbocycles. The summed E-state index contributed by atoms with van der Waals surface area (Å²) in [4.78, 5) is 20.1. The van der Waals surface area contributed by atoms with Crippen molar-refractivity contribution >= 4 is 11.9 Å². The molecule has 1 aliphatic heterocycles. The second-order valence-electron chi connectivity index (χ2n) is 4.91. The van der Waals surface area contributed by atoms with Crippen LogP contribution in [0, 0.1) is 0 Å². The maximum atomic E-state index is 11.8. The average Bonchev–Trinajstić information content (AvgIpc) is 2.89. The molecule has 6 nitrogen and oxygen atoms in total. The first kappa shape index (κ1) is 13.7. The molecule has 1 atom stereocenters. The fourth-order valence-electron chi connectivity index (χ4n) is 1.92. The Labute approximate surface area is 113 Å². The van der Waals surface area contributed by atoms with E-state index in [0.717, 1.165) is 19.4 Å². The van der Waals surface area contributed by atoms with Crippen molar-refractivity contribution in [3.63, 3.8) is 0 Å². The predicted molar refractivity (Wildman–Crippen MR) is 72.1 cm³/mol. The first-order valence-corrected chi connectivity index (χ1v) is 6.64. The normalized spacial score (nSPS) is 18.6. The lowest BCUT2D eigenvalue weighted by molar-refractivity contribution is 0.0938. The molecule has 0 spiro atoms. The number of aromatic nitrogens is 2. The molecule has 1 saturated heterocycles. The van der Waals surface area contributed by atoms with E-state index in [2.05, 4.69) is 20.6 Å². The van der Waals surface area contributed by atoms with E-state index in [0.29, 0.717) is 18.2 Å². The lowest BCUT2D eigenvalue weighted by Crippen LogP contribution is -2.31. The lowest BCUT2D eigenvalue weighted by Gasteiger charge is -2.11.